The number of alkyl halides is 2. The number of imide groups is 1. The summed E-state index contributed by atoms with van der Waals surface area (Å²) in [6, 6.07) is -1.51. The van der Waals surface area contributed by atoms with Crippen LogP contribution in [0.3, 0.4) is 0 Å². The molecule has 2 unspecified atom stereocenters. The van der Waals surface area contributed by atoms with E-state index in [0.29, 0.717) is 6.54 Å². The molecule has 3 amide bonds. The lowest BCUT2D eigenvalue weighted by Gasteiger charge is -2.16. The summed E-state index contributed by atoms with van der Waals surface area (Å²) in [5, 5.41) is 15.5. The molecule has 0 rings (SSSR count). The Hall–Kier alpha value is -1.28. The van der Waals surface area contributed by atoms with Crippen LogP contribution < -0.4 is 16.0 Å². The number of aliphatic hydroxyl groups excluding tert-OH is 1. The Balaban J connectivity index is 3.93. The molecule has 0 aliphatic carbocycles. The average molecular weight is 253 g/mol. The monoisotopic (exact) mass is 253 g/mol. The van der Waals surface area contributed by atoms with Crippen LogP contribution in [0.5, 0.6) is 0 Å². The Morgan fingerprint density at radius 3 is 2.41 bits per heavy atom. The minimum Gasteiger partial charge on any atom is -0.386 e. The van der Waals surface area contributed by atoms with Crippen molar-refractivity contribution in [2.45, 2.75) is 32.4 Å². The van der Waals surface area contributed by atoms with Crippen molar-refractivity contribution in [3.63, 3.8) is 0 Å². The van der Waals surface area contributed by atoms with Gasteiger partial charge in [0.1, 0.15) is 6.10 Å². The normalized spacial score (nSPS) is 14.2. The quantitative estimate of drug-likeness (QED) is 0.510. The summed E-state index contributed by atoms with van der Waals surface area (Å²) < 4.78 is 23.9. The highest BCUT2D eigenvalue weighted by Crippen LogP contribution is 1.98. The van der Waals surface area contributed by atoms with E-state index in [2.05, 4.69) is 10.6 Å². The van der Waals surface area contributed by atoms with E-state index in [4.69, 9.17) is 5.11 Å². The summed E-state index contributed by atoms with van der Waals surface area (Å²) in [4.78, 5) is 22.3. The molecule has 0 bridgehead atoms. The van der Waals surface area contributed by atoms with E-state index in [1.807, 2.05) is 5.32 Å². The van der Waals surface area contributed by atoms with Crippen molar-refractivity contribution in [1.29, 1.82) is 0 Å². The second-order valence-electron chi connectivity index (χ2n) is 3.38. The van der Waals surface area contributed by atoms with Gasteiger partial charge in [-0.1, -0.05) is 0 Å². The lowest BCUT2D eigenvalue weighted by Crippen LogP contribution is -2.49. The molecule has 0 aliphatic rings. The Labute approximate surface area is 97.8 Å². The molecule has 0 saturated carbocycles. The first-order valence-electron chi connectivity index (χ1n) is 5.16. The summed E-state index contributed by atoms with van der Waals surface area (Å²) in [7, 11) is 0. The number of halogens is 2. The van der Waals surface area contributed by atoms with Crippen molar-refractivity contribution in [2.75, 3.05) is 13.1 Å². The van der Waals surface area contributed by atoms with Gasteiger partial charge in [0.25, 0.3) is 6.43 Å². The van der Waals surface area contributed by atoms with Crippen LogP contribution in [-0.4, -0.2) is 48.7 Å². The summed E-state index contributed by atoms with van der Waals surface area (Å²) in [6.07, 6.45) is -4.71. The van der Waals surface area contributed by atoms with E-state index in [9.17, 15) is 18.4 Å². The van der Waals surface area contributed by atoms with Gasteiger partial charge in [-0.3, -0.25) is 10.1 Å². The van der Waals surface area contributed by atoms with Gasteiger partial charge in [-0.15, -0.1) is 0 Å². The van der Waals surface area contributed by atoms with Gasteiger partial charge in [-0.05, 0) is 13.8 Å². The Morgan fingerprint density at radius 1 is 1.35 bits per heavy atom. The van der Waals surface area contributed by atoms with Gasteiger partial charge >= 0.3 is 6.03 Å². The van der Waals surface area contributed by atoms with Crippen molar-refractivity contribution in [3.05, 3.63) is 0 Å². The van der Waals surface area contributed by atoms with Gasteiger partial charge in [0, 0.05) is 13.1 Å². The first kappa shape index (κ1) is 15.7. The van der Waals surface area contributed by atoms with Crippen molar-refractivity contribution in [2.24, 2.45) is 0 Å². The fourth-order valence-electron chi connectivity index (χ4n) is 0.904. The third-order valence-corrected chi connectivity index (χ3v) is 1.89. The second-order valence-corrected chi connectivity index (χ2v) is 3.38. The number of carbonyl (C=O) groups is 2. The van der Waals surface area contributed by atoms with E-state index < -0.39 is 37.1 Å². The van der Waals surface area contributed by atoms with Gasteiger partial charge in [0.2, 0.25) is 5.91 Å². The number of hydrogen-bond acceptors (Lipinski definition) is 4. The zero-order chi connectivity index (χ0) is 13.4. The fraction of sp³-hybridized carbons (Fsp3) is 0.778. The highest BCUT2D eigenvalue weighted by molar-refractivity contribution is 5.96. The molecule has 0 aromatic rings. The second kappa shape index (κ2) is 7.91. The number of carbonyl (C=O) groups excluding carboxylic acids is 2. The van der Waals surface area contributed by atoms with Crippen LogP contribution in [0.1, 0.15) is 13.8 Å². The lowest BCUT2D eigenvalue weighted by atomic mass is 10.3. The maximum atomic E-state index is 11.9. The van der Waals surface area contributed by atoms with Crippen LogP contribution in [0, 0.1) is 0 Å². The molecule has 100 valence electrons. The van der Waals surface area contributed by atoms with Gasteiger partial charge < -0.3 is 15.7 Å². The van der Waals surface area contributed by atoms with Crippen molar-refractivity contribution in [3.8, 4) is 0 Å². The number of urea groups is 1. The third-order valence-electron chi connectivity index (χ3n) is 1.89. The number of aliphatic hydroxyl groups is 1. The zero-order valence-corrected chi connectivity index (χ0v) is 9.67. The highest BCUT2D eigenvalue weighted by Gasteiger charge is 2.20. The highest BCUT2D eigenvalue weighted by atomic mass is 19.3. The molecule has 8 heteroatoms. The molecule has 0 saturated heterocycles. The van der Waals surface area contributed by atoms with Crippen molar-refractivity contribution >= 4 is 11.9 Å². The van der Waals surface area contributed by atoms with E-state index in [0.717, 1.165) is 0 Å². The van der Waals surface area contributed by atoms with Crippen LogP contribution in [-0.2, 0) is 4.79 Å². The summed E-state index contributed by atoms with van der Waals surface area (Å²) in [6.45, 7) is 3.02. The van der Waals surface area contributed by atoms with Gasteiger partial charge in [0.05, 0.1) is 6.04 Å². The molecule has 0 spiro atoms. The molecule has 4 N–H and O–H groups in total. The Kier molecular flexibility index (Phi) is 7.31. The first-order valence-corrected chi connectivity index (χ1v) is 5.16. The third kappa shape index (κ3) is 6.80. The van der Waals surface area contributed by atoms with Crippen LogP contribution in [0.15, 0.2) is 0 Å². The van der Waals surface area contributed by atoms with Gasteiger partial charge in [-0.25, -0.2) is 13.6 Å². The Morgan fingerprint density at radius 2 is 1.94 bits per heavy atom. The topological polar surface area (TPSA) is 90.5 Å². The maximum Gasteiger partial charge on any atom is 0.321 e. The molecular formula is C9H17F2N3O3. The number of amides is 3. The predicted molar refractivity (Wildman–Crippen MR) is 56.7 cm³/mol. The van der Waals surface area contributed by atoms with Crippen molar-refractivity contribution in [1.82, 2.24) is 16.0 Å². The van der Waals surface area contributed by atoms with Gasteiger partial charge in [-0.2, -0.15) is 0 Å². The molecule has 0 aliphatic heterocycles. The van der Waals surface area contributed by atoms with E-state index in [-0.39, 0.29) is 0 Å². The molecule has 0 radical (unpaired) electrons. The first-order chi connectivity index (χ1) is 7.88. The molecule has 6 nitrogen and oxygen atoms in total. The fourth-order valence-corrected chi connectivity index (χ4v) is 0.904. The van der Waals surface area contributed by atoms with Crippen molar-refractivity contribution < 1.29 is 23.5 Å². The molecule has 0 heterocycles. The molecule has 0 aromatic carbocycles. The van der Waals surface area contributed by atoms with Crippen LogP contribution in [0.2, 0.25) is 0 Å². The molecule has 0 fully saturated rings. The van der Waals surface area contributed by atoms with E-state index in [1.54, 1.807) is 6.92 Å². The number of hydrogen-bond donors (Lipinski definition) is 4. The number of rotatable bonds is 6. The Bertz CT molecular complexity index is 264. The summed E-state index contributed by atoms with van der Waals surface area (Å²) in [5.41, 5.74) is 0. The molecule has 17 heavy (non-hydrogen) atoms. The summed E-state index contributed by atoms with van der Waals surface area (Å²) >= 11 is 0. The summed E-state index contributed by atoms with van der Waals surface area (Å²) in [5.74, 6) is -0.655. The van der Waals surface area contributed by atoms with Gasteiger partial charge in [0.15, 0.2) is 0 Å². The SMILES string of the molecule is CCNC(=O)NC(=O)C(C)NCC(O)C(F)F. The average Bonchev–Trinajstić information content (AvgIpc) is 2.25. The smallest absolute Gasteiger partial charge is 0.321 e. The molecular weight excluding hydrogens is 236 g/mol. The van der Waals surface area contributed by atoms with E-state index in [1.165, 1.54) is 6.92 Å². The minimum absolute atomic E-state index is 0.366. The number of nitrogens with one attached hydrogen (secondary N) is 3. The maximum absolute atomic E-state index is 11.9. The standard InChI is InChI=1S/C9H17F2N3O3/c1-3-12-9(17)14-8(16)5(2)13-4-6(15)7(10)11/h5-7,13,15H,3-4H2,1-2H3,(H2,12,14,16,17). The molecule has 2 atom stereocenters. The minimum atomic E-state index is -2.87. The largest absolute Gasteiger partial charge is 0.386 e. The predicted octanol–water partition coefficient (Wildman–Crippen LogP) is -0.564. The van der Waals surface area contributed by atoms with Crippen LogP contribution >= 0.6 is 0 Å². The van der Waals surface area contributed by atoms with Crippen LogP contribution in [0.4, 0.5) is 13.6 Å². The zero-order valence-electron chi connectivity index (χ0n) is 9.67. The van der Waals surface area contributed by atoms with Crippen LogP contribution in [0.25, 0.3) is 0 Å². The van der Waals surface area contributed by atoms with E-state index >= 15 is 0 Å². The lowest BCUT2D eigenvalue weighted by molar-refractivity contribution is -0.121. The molecule has 0 aromatic heterocycles.